The van der Waals surface area contributed by atoms with Crippen molar-refractivity contribution in [2.75, 3.05) is 14.2 Å². The number of sulfonamides is 1. The van der Waals surface area contributed by atoms with Gasteiger partial charge in [-0.05, 0) is 47.9 Å². The molecule has 0 aliphatic carbocycles. The van der Waals surface area contributed by atoms with E-state index in [4.69, 9.17) is 9.47 Å². The van der Waals surface area contributed by atoms with Crippen molar-refractivity contribution in [3.63, 3.8) is 0 Å². The van der Waals surface area contributed by atoms with Crippen molar-refractivity contribution in [2.24, 2.45) is 0 Å². The van der Waals surface area contributed by atoms with E-state index in [1.807, 2.05) is 0 Å². The molecule has 0 spiro atoms. The van der Waals surface area contributed by atoms with Crippen molar-refractivity contribution in [1.82, 2.24) is 4.31 Å². The van der Waals surface area contributed by atoms with E-state index in [1.54, 1.807) is 37.3 Å². The fourth-order valence-electron chi connectivity index (χ4n) is 4.46. The van der Waals surface area contributed by atoms with Gasteiger partial charge in [-0.3, -0.25) is 0 Å². The van der Waals surface area contributed by atoms with Crippen LogP contribution in [0.3, 0.4) is 0 Å². The molecule has 3 aromatic carbocycles. The van der Waals surface area contributed by atoms with Crippen LogP contribution in [0.25, 0.3) is 5.57 Å². The molecule has 11 heteroatoms. The SMILES string of the molecule is COC(=O)C1=C(C(=O)OC)N(S(=O)(=O)c2ccc(C)cc2)C(c2ccccc2C(F)(F)F)C=C1c1ccccc1. The van der Waals surface area contributed by atoms with Gasteiger partial charge in [0.1, 0.15) is 0 Å². The molecule has 4 rings (SSSR count). The summed E-state index contributed by atoms with van der Waals surface area (Å²) < 4.78 is 81.4. The average molecular weight is 572 g/mol. The maximum Gasteiger partial charge on any atom is 0.416 e. The lowest BCUT2D eigenvalue weighted by atomic mass is 9.87. The number of esters is 2. The number of aryl methyl sites for hydroxylation is 1. The Balaban J connectivity index is 2.17. The van der Waals surface area contributed by atoms with Gasteiger partial charge in [-0.25, -0.2) is 22.3 Å². The number of ether oxygens (including phenoxy) is 2. The van der Waals surface area contributed by atoms with Crippen molar-refractivity contribution >= 4 is 27.5 Å². The van der Waals surface area contributed by atoms with Crippen molar-refractivity contribution in [2.45, 2.75) is 24.0 Å². The number of carbonyl (C=O) groups excluding carboxylic acids is 2. The normalized spacial score (nSPS) is 15.9. The van der Waals surface area contributed by atoms with Crippen LogP contribution in [-0.4, -0.2) is 38.9 Å². The molecule has 1 aliphatic heterocycles. The third-order valence-corrected chi connectivity index (χ3v) is 8.11. The summed E-state index contributed by atoms with van der Waals surface area (Å²) >= 11 is 0. The number of halogens is 3. The van der Waals surface area contributed by atoms with Crippen LogP contribution in [0.15, 0.2) is 101 Å². The molecule has 0 saturated heterocycles. The minimum absolute atomic E-state index is 0.00480. The number of hydrogen-bond donors (Lipinski definition) is 0. The molecule has 1 aliphatic rings. The molecule has 40 heavy (non-hydrogen) atoms. The number of methoxy groups -OCH3 is 2. The Morgan fingerprint density at radius 1 is 0.825 bits per heavy atom. The molecule has 0 bridgehead atoms. The molecule has 0 radical (unpaired) electrons. The molecule has 0 aromatic heterocycles. The minimum atomic E-state index is -4.87. The summed E-state index contributed by atoms with van der Waals surface area (Å²) in [7, 11) is -2.76. The Bertz CT molecular complexity index is 1610. The van der Waals surface area contributed by atoms with Gasteiger partial charge in [0, 0.05) is 0 Å². The highest BCUT2D eigenvalue weighted by Crippen LogP contribution is 2.46. The van der Waals surface area contributed by atoms with E-state index in [-0.39, 0.29) is 10.5 Å². The maximum absolute atomic E-state index is 14.2. The molecule has 1 heterocycles. The van der Waals surface area contributed by atoms with Crippen LogP contribution in [0.5, 0.6) is 0 Å². The molecule has 3 aromatic rings. The smallest absolute Gasteiger partial charge is 0.416 e. The van der Waals surface area contributed by atoms with Gasteiger partial charge in [0.05, 0.1) is 36.3 Å². The first-order valence-corrected chi connectivity index (χ1v) is 13.3. The second-order valence-electron chi connectivity index (χ2n) is 8.80. The molecule has 0 N–H and O–H groups in total. The lowest BCUT2D eigenvalue weighted by Gasteiger charge is -2.37. The first kappa shape index (κ1) is 28.6. The Morgan fingerprint density at radius 2 is 1.40 bits per heavy atom. The number of nitrogens with zero attached hydrogens (tertiary/aromatic N) is 1. The van der Waals surface area contributed by atoms with Crippen LogP contribution in [0.4, 0.5) is 13.2 Å². The van der Waals surface area contributed by atoms with Crippen molar-refractivity contribution < 1.29 is 40.7 Å². The van der Waals surface area contributed by atoms with Gasteiger partial charge in [-0.15, -0.1) is 0 Å². The van der Waals surface area contributed by atoms with E-state index in [9.17, 15) is 31.2 Å². The predicted octanol–water partition coefficient (Wildman–Crippen LogP) is 5.44. The van der Waals surface area contributed by atoms with E-state index in [0.717, 1.165) is 31.9 Å². The largest absolute Gasteiger partial charge is 0.465 e. The quantitative estimate of drug-likeness (QED) is 0.366. The van der Waals surface area contributed by atoms with Crippen molar-refractivity contribution in [3.05, 3.63) is 118 Å². The first-order valence-electron chi connectivity index (χ1n) is 11.9. The summed E-state index contributed by atoms with van der Waals surface area (Å²) in [6.45, 7) is 1.73. The second-order valence-corrected chi connectivity index (χ2v) is 10.6. The van der Waals surface area contributed by atoms with E-state index in [0.29, 0.717) is 9.87 Å². The van der Waals surface area contributed by atoms with Gasteiger partial charge < -0.3 is 9.47 Å². The summed E-state index contributed by atoms with van der Waals surface area (Å²) in [6.07, 6.45) is -3.65. The van der Waals surface area contributed by atoms with Gasteiger partial charge in [0.25, 0.3) is 10.0 Å². The van der Waals surface area contributed by atoms with Crippen molar-refractivity contribution in [1.29, 1.82) is 0 Å². The van der Waals surface area contributed by atoms with Crippen LogP contribution in [0, 0.1) is 6.92 Å². The van der Waals surface area contributed by atoms with Crippen LogP contribution in [-0.2, 0) is 35.3 Å². The summed E-state index contributed by atoms with van der Waals surface area (Å²) in [5.41, 5.74) is -1.75. The molecule has 1 unspecified atom stereocenters. The van der Waals surface area contributed by atoms with E-state index < -0.39 is 56.6 Å². The fraction of sp³-hybridized carbons (Fsp3) is 0.172. The standard InChI is InChI=1S/C29H24F3NO6S/c1-18-13-15-20(16-14-18)40(36,37)33-24(21-11-7-8-12-23(21)29(30,31)32)17-22(19-9-5-4-6-10-19)25(27(34)38-2)26(33)28(35)39-3/h4-17,24H,1-3H3. The van der Waals surface area contributed by atoms with Gasteiger partial charge >= 0.3 is 18.1 Å². The van der Waals surface area contributed by atoms with Gasteiger partial charge in [0.15, 0.2) is 5.70 Å². The lowest BCUT2D eigenvalue weighted by molar-refractivity contribution is -0.140. The Morgan fingerprint density at radius 3 is 1.98 bits per heavy atom. The predicted molar refractivity (Wildman–Crippen MR) is 140 cm³/mol. The molecule has 0 saturated carbocycles. The highest BCUT2D eigenvalue weighted by atomic mass is 32.2. The topological polar surface area (TPSA) is 90.0 Å². The fourth-order valence-corrected chi connectivity index (χ4v) is 6.05. The highest BCUT2D eigenvalue weighted by molar-refractivity contribution is 7.89. The Hall–Kier alpha value is -4.38. The third kappa shape index (κ3) is 5.24. The van der Waals surface area contributed by atoms with Crippen LogP contribution >= 0.6 is 0 Å². The zero-order valence-corrected chi connectivity index (χ0v) is 22.4. The maximum atomic E-state index is 14.2. The van der Waals surface area contributed by atoms with Gasteiger partial charge in [0.2, 0.25) is 0 Å². The number of hydrogen-bond acceptors (Lipinski definition) is 6. The summed E-state index contributed by atoms with van der Waals surface area (Å²) in [5.74, 6) is -2.34. The van der Waals surface area contributed by atoms with Crippen LogP contribution in [0.2, 0.25) is 0 Å². The van der Waals surface area contributed by atoms with Crippen LogP contribution in [0.1, 0.15) is 28.3 Å². The monoisotopic (exact) mass is 571 g/mol. The molecular formula is C29H24F3NO6S. The second kappa shape index (κ2) is 11.0. The van der Waals surface area contributed by atoms with E-state index in [2.05, 4.69) is 0 Å². The number of carbonyl (C=O) groups is 2. The zero-order chi connectivity index (χ0) is 29.2. The molecular weight excluding hydrogens is 547 g/mol. The summed E-state index contributed by atoms with van der Waals surface area (Å²) in [5, 5.41) is 0. The molecule has 0 amide bonds. The number of rotatable bonds is 6. The average Bonchev–Trinajstić information content (AvgIpc) is 2.95. The van der Waals surface area contributed by atoms with Gasteiger partial charge in [-0.1, -0.05) is 66.2 Å². The molecule has 0 fully saturated rings. The summed E-state index contributed by atoms with van der Waals surface area (Å²) in [4.78, 5) is 26.2. The van der Waals surface area contributed by atoms with E-state index in [1.165, 1.54) is 42.5 Å². The number of alkyl halides is 3. The third-order valence-electron chi connectivity index (χ3n) is 6.32. The lowest BCUT2D eigenvalue weighted by Crippen LogP contribution is -2.41. The molecule has 7 nitrogen and oxygen atoms in total. The molecule has 208 valence electrons. The van der Waals surface area contributed by atoms with Crippen LogP contribution < -0.4 is 0 Å². The Labute approximate surface area is 229 Å². The summed E-state index contributed by atoms with van der Waals surface area (Å²) in [6, 6.07) is 16.3. The zero-order valence-electron chi connectivity index (χ0n) is 21.6. The highest BCUT2D eigenvalue weighted by Gasteiger charge is 2.46. The van der Waals surface area contributed by atoms with E-state index >= 15 is 0 Å². The van der Waals surface area contributed by atoms with Crippen molar-refractivity contribution in [3.8, 4) is 0 Å². The minimum Gasteiger partial charge on any atom is -0.465 e. The molecule has 1 atom stereocenters. The Kier molecular flexibility index (Phi) is 7.88. The first-order chi connectivity index (χ1) is 18.9. The number of benzene rings is 3. The van der Waals surface area contributed by atoms with Gasteiger partial charge in [-0.2, -0.15) is 13.2 Å².